The van der Waals surface area contributed by atoms with E-state index in [1.807, 2.05) is 0 Å². The van der Waals surface area contributed by atoms with Crippen LogP contribution in [0.25, 0.3) is 0 Å². The summed E-state index contributed by atoms with van der Waals surface area (Å²) in [4.78, 5) is 16.8. The van der Waals surface area contributed by atoms with Gasteiger partial charge in [-0.05, 0) is 6.07 Å². The lowest BCUT2D eigenvalue weighted by atomic mass is 10.2. The highest BCUT2D eigenvalue weighted by Gasteiger charge is 2.16. The van der Waals surface area contributed by atoms with Gasteiger partial charge in [0.05, 0.1) is 30.7 Å². The molecule has 0 atom stereocenters. The molecular formula is C10H16N4O3. The van der Waals surface area contributed by atoms with Crippen molar-refractivity contribution in [1.29, 1.82) is 0 Å². The van der Waals surface area contributed by atoms with E-state index in [1.54, 1.807) is 4.90 Å². The van der Waals surface area contributed by atoms with Gasteiger partial charge in [0.1, 0.15) is 5.82 Å². The predicted octanol–water partition coefficient (Wildman–Crippen LogP) is -1.45. The SMILES string of the molecule is NC(=O)c1cc(N)cnc1N(CCO)CCO. The van der Waals surface area contributed by atoms with Crippen LogP contribution in [0.1, 0.15) is 10.4 Å². The van der Waals surface area contributed by atoms with Gasteiger partial charge in [0.2, 0.25) is 0 Å². The minimum absolute atomic E-state index is 0.121. The molecule has 0 aliphatic heterocycles. The molecule has 1 heterocycles. The lowest BCUT2D eigenvalue weighted by molar-refractivity contribution is 0.1000. The van der Waals surface area contributed by atoms with Crippen molar-refractivity contribution in [3.8, 4) is 0 Å². The average molecular weight is 240 g/mol. The average Bonchev–Trinajstić information content (AvgIpc) is 2.28. The van der Waals surface area contributed by atoms with Crippen LogP contribution in [0.4, 0.5) is 11.5 Å². The van der Waals surface area contributed by atoms with Gasteiger partial charge in [-0.15, -0.1) is 0 Å². The van der Waals surface area contributed by atoms with Gasteiger partial charge in [-0.1, -0.05) is 0 Å². The third-order valence-electron chi connectivity index (χ3n) is 2.19. The standard InChI is InChI=1S/C10H16N4O3/c11-7-5-8(9(12)17)10(13-6-7)14(1-3-15)2-4-16/h5-6,15-16H,1-4,11H2,(H2,12,17). The summed E-state index contributed by atoms with van der Waals surface area (Å²) in [6.07, 6.45) is 1.39. The van der Waals surface area contributed by atoms with E-state index < -0.39 is 5.91 Å². The van der Waals surface area contributed by atoms with E-state index in [0.29, 0.717) is 11.5 Å². The van der Waals surface area contributed by atoms with Gasteiger partial charge in [0.15, 0.2) is 0 Å². The van der Waals surface area contributed by atoms with E-state index in [4.69, 9.17) is 21.7 Å². The van der Waals surface area contributed by atoms with Crippen molar-refractivity contribution in [3.05, 3.63) is 17.8 Å². The Labute approximate surface area is 98.7 Å². The Bertz CT molecular complexity index is 391. The fraction of sp³-hybridized carbons (Fsp3) is 0.400. The molecular weight excluding hydrogens is 224 g/mol. The number of hydrogen-bond acceptors (Lipinski definition) is 6. The molecule has 1 aromatic rings. The van der Waals surface area contributed by atoms with Crippen molar-refractivity contribution in [3.63, 3.8) is 0 Å². The number of rotatable bonds is 6. The second kappa shape index (κ2) is 6.02. The predicted molar refractivity (Wildman–Crippen MR) is 63.6 cm³/mol. The molecule has 6 N–H and O–H groups in total. The maximum Gasteiger partial charge on any atom is 0.252 e. The Morgan fingerprint density at radius 1 is 1.35 bits per heavy atom. The molecule has 1 rings (SSSR count). The van der Waals surface area contributed by atoms with Crippen LogP contribution < -0.4 is 16.4 Å². The number of pyridine rings is 1. The Balaban J connectivity index is 3.12. The van der Waals surface area contributed by atoms with Crippen LogP contribution in [-0.2, 0) is 0 Å². The van der Waals surface area contributed by atoms with Gasteiger partial charge < -0.3 is 26.6 Å². The van der Waals surface area contributed by atoms with E-state index in [0.717, 1.165) is 0 Å². The number of aliphatic hydroxyl groups excluding tert-OH is 2. The summed E-state index contributed by atoms with van der Waals surface area (Å²) in [7, 11) is 0. The minimum atomic E-state index is -0.652. The van der Waals surface area contributed by atoms with Gasteiger partial charge >= 0.3 is 0 Å². The lowest BCUT2D eigenvalue weighted by Gasteiger charge is -2.23. The first-order valence-electron chi connectivity index (χ1n) is 5.12. The topological polar surface area (TPSA) is 126 Å². The first-order valence-corrected chi connectivity index (χ1v) is 5.12. The van der Waals surface area contributed by atoms with Gasteiger partial charge in [-0.2, -0.15) is 0 Å². The highest BCUT2D eigenvalue weighted by atomic mass is 16.3. The maximum absolute atomic E-state index is 11.3. The van der Waals surface area contributed by atoms with E-state index in [2.05, 4.69) is 4.98 Å². The number of aliphatic hydroxyl groups is 2. The molecule has 0 fully saturated rings. The number of aromatic nitrogens is 1. The molecule has 0 aliphatic carbocycles. The van der Waals surface area contributed by atoms with Gasteiger partial charge in [-0.25, -0.2) is 4.98 Å². The monoisotopic (exact) mass is 240 g/mol. The van der Waals surface area contributed by atoms with Crippen LogP contribution in [-0.4, -0.2) is 47.4 Å². The van der Waals surface area contributed by atoms with Crippen LogP contribution in [0.2, 0.25) is 0 Å². The van der Waals surface area contributed by atoms with Crippen molar-refractivity contribution >= 4 is 17.4 Å². The molecule has 1 amide bonds. The summed E-state index contributed by atoms with van der Waals surface area (Å²) in [5.41, 5.74) is 11.3. The molecule has 7 nitrogen and oxygen atoms in total. The zero-order valence-corrected chi connectivity index (χ0v) is 9.33. The Morgan fingerprint density at radius 3 is 2.41 bits per heavy atom. The fourth-order valence-electron chi connectivity index (χ4n) is 1.47. The number of primary amides is 1. The molecule has 0 aromatic carbocycles. The molecule has 0 aliphatic rings. The molecule has 0 bridgehead atoms. The lowest BCUT2D eigenvalue weighted by Crippen LogP contribution is -2.32. The summed E-state index contributed by atoms with van der Waals surface area (Å²) in [6, 6.07) is 1.42. The van der Waals surface area contributed by atoms with Gasteiger partial charge in [-0.3, -0.25) is 4.79 Å². The smallest absolute Gasteiger partial charge is 0.252 e. The number of anilines is 2. The van der Waals surface area contributed by atoms with Crippen molar-refractivity contribution in [2.45, 2.75) is 0 Å². The molecule has 0 unspecified atom stereocenters. The molecule has 94 valence electrons. The molecule has 0 spiro atoms. The van der Waals surface area contributed by atoms with Crippen molar-refractivity contribution in [1.82, 2.24) is 4.98 Å². The van der Waals surface area contributed by atoms with Crippen molar-refractivity contribution < 1.29 is 15.0 Å². The summed E-state index contributed by atoms with van der Waals surface area (Å²) >= 11 is 0. The van der Waals surface area contributed by atoms with Crippen LogP contribution in [0.5, 0.6) is 0 Å². The number of carbonyl (C=O) groups excluding carboxylic acids is 1. The second-order valence-corrected chi connectivity index (χ2v) is 3.44. The third kappa shape index (κ3) is 3.30. The Hall–Kier alpha value is -1.86. The van der Waals surface area contributed by atoms with Gasteiger partial charge in [0.25, 0.3) is 5.91 Å². The normalized spacial score (nSPS) is 10.2. The second-order valence-electron chi connectivity index (χ2n) is 3.44. The third-order valence-corrected chi connectivity index (χ3v) is 2.19. The van der Waals surface area contributed by atoms with Gasteiger partial charge in [0, 0.05) is 13.1 Å². The van der Waals surface area contributed by atoms with E-state index in [1.165, 1.54) is 12.3 Å². The first-order chi connectivity index (χ1) is 8.10. The van der Waals surface area contributed by atoms with E-state index in [-0.39, 0.29) is 31.9 Å². The Kier molecular flexibility index (Phi) is 4.68. The van der Waals surface area contributed by atoms with Crippen LogP contribution >= 0.6 is 0 Å². The van der Waals surface area contributed by atoms with Crippen molar-refractivity contribution in [2.75, 3.05) is 36.9 Å². The van der Waals surface area contributed by atoms with E-state index >= 15 is 0 Å². The number of nitrogens with two attached hydrogens (primary N) is 2. The molecule has 0 radical (unpaired) electrons. The molecule has 0 saturated heterocycles. The maximum atomic E-state index is 11.3. The minimum Gasteiger partial charge on any atom is -0.397 e. The Morgan fingerprint density at radius 2 is 1.94 bits per heavy atom. The highest BCUT2D eigenvalue weighted by molar-refractivity contribution is 5.98. The molecule has 17 heavy (non-hydrogen) atoms. The zero-order chi connectivity index (χ0) is 12.8. The molecule has 1 aromatic heterocycles. The number of carbonyl (C=O) groups is 1. The van der Waals surface area contributed by atoms with Crippen LogP contribution in [0, 0.1) is 0 Å². The zero-order valence-electron chi connectivity index (χ0n) is 9.33. The summed E-state index contributed by atoms with van der Waals surface area (Å²) in [6.45, 7) is 0.254. The van der Waals surface area contributed by atoms with Crippen LogP contribution in [0.3, 0.4) is 0 Å². The fourth-order valence-corrected chi connectivity index (χ4v) is 1.47. The summed E-state index contributed by atoms with van der Waals surface area (Å²) < 4.78 is 0. The molecule has 0 saturated carbocycles. The largest absolute Gasteiger partial charge is 0.397 e. The van der Waals surface area contributed by atoms with Crippen LogP contribution in [0.15, 0.2) is 12.3 Å². The quantitative estimate of drug-likeness (QED) is 0.482. The number of hydrogen-bond donors (Lipinski definition) is 4. The molecule has 7 heteroatoms. The van der Waals surface area contributed by atoms with Crippen molar-refractivity contribution in [2.24, 2.45) is 5.73 Å². The summed E-state index contributed by atoms with van der Waals surface area (Å²) in [5.74, 6) is -0.338. The number of nitrogens with zero attached hydrogens (tertiary/aromatic N) is 2. The highest BCUT2D eigenvalue weighted by Crippen LogP contribution is 2.19. The van der Waals surface area contributed by atoms with E-state index in [9.17, 15) is 4.79 Å². The number of nitrogen functional groups attached to an aromatic ring is 1. The number of amides is 1. The summed E-state index contributed by atoms with van der Waals surface area (Å²) in [5, 5.41) is 17.8. The first kappa shape index (κ1) is 13.2.